The lowest BCUT2D eigenvalue weighted by Gasteiger charge is -2.04. The van der Waals surface area contributed by atoms with Crippen LogP contribution < -0.4 is 5.32 Å². The summed E-state index contributed by atoms with van der Waals surface area (Å²) >= 11 is 8.85. The zero-order chi connectivity index (χ0) is 21.2. The number of benzene rings is 2. The van der Waals surface area contributed by atoms with Gasteiger partial charge in [-0.3, -0.25) is 9.20 Å². The van der Waals surface area contributed by atoms with E-state index in [2.05, 4.69) is 26.6 Å². The van der Waals surface area contributed by atoms with Gasteiger partial charge in [0.05, 0.1) is 11.2 Å². The number of hydrogen-bond acceptors (Lipinski definition) is 6. The molecule has 1 N–H and O–H groups in total. The van der Waals surface area contributed by atoms with Crippen LogP contribution in [0.15, 0.2) is 71.2 Å². The first-order valence-corrected chi connectivity index (χ1v) is 11.8. The minimum absolute atomic E-state index is 0.0804. The lowest BCUT2D eigenvalue weighted by atomic mass is 10.2. The van der Waals surface area contributed by atoms with E-state index in [0.29, 0.717) is 22.3 Å². The smallest absolute Gasteiger partial charge is 0.226 e. The highest BCUT2D eigenvalue weighted by molar-refractivity contribution is 7.99. The highest BCUT2D eigenvalue weighted by Crippen LogP contribution is 2.27. The fraction of sp³-hybridized carbons (Fsp3) is 0.0909. The van der Waals surface area contributed by atoms with Crippen molar-refractivity contribution in [3.8, 4) is 11.3 Å². The first-order valence-electron chi connectivity index (χ1n) is 9.54. The summed E-state index contributed by atoms with van der Waals surface area (Å²) in [6.07, 6.45) is 0.347. The number of rotatable bonds is 6. The number of aromatic nitrogens is 4. The van der Waals surface area contributed by atoms with Crippen LogP contribution in [0.25, 0.3) is 27.8 Å². The third kappa shape index (κ3) is 4.27. The van der Waals surface area contributed by atoms with Gasteiger partial charge in [0.25, 0.3) is 0 Å². The fourth-order valence-corrected chi connectivity index (χ4v) is 4.96. The molecule has 0 aliphatic rings. The Morgan fingerprint density at radius 2 is 1.90 bits per heavy atom. The number of fused-ring (bicyclic) bond motifs is 3. The molecule has 0 fully saturated rings. The van der Waals surface area contributed by atoms with Gasteiger partial charge in [0.1, 0.15) is 0 Å². The second-order valence-electron chi connectivity index (χ2n) is 6.76. The molecule has 0 aliphatic carbocycles. The van der Waals surface area contributed by atoms with Crippen molar-refractivity contribution in [2.75, 3.05) is 11.1 Å². The number of carbonyl (C=O) groups excluding carboxylic acids is 1. The SMILES string of the molecule is O=C(CCSc1nnc2ccc3ccccc3n12)Nc1nc(-c2ccc(Cl)cc2)cs1. The van der Waals surface area contributed by atoms with E-state index >= 15 is 0 Å². The van der Waals surface area contributed by atoms with Gasteiger partial charge >= 0.3 is 0 Å². The van der Waals surface area contributed by atoms with Crippen LogP contribution in [0.2, 0.25) is 5.02 Å². The molecule has 0 radical (unpaired) electrons. The molecule has 154 valence electrons. The Hall–Kier alpha value is -2.94. The van der Waals surface area contributed by atoms with E-state index < -0.39 is 0 Å². The molecular formula is C22H16ClN5OS2. The first kappa shape index (κ1) is 20.0. The number of amides is 1. The summed E-state index contributed by atoms with van der Waals surface area (Å²) in [5, 5.41) is 16.5. The molecule has 3 heterocycles. The van der Waals surface area contributed by atoms with Crippen molar-refractivity contribution in [2.45, 2.75) is 11.6 Å². The summed E-state index contributed by atoms with van der Waals surface area (Å²) in [5.74, 6) is 0.508. The van der Waals surface area contributed by atoms with Crippen LogP contribution in [0.3, 0.4) is 0 Å². The van der Waals surface area contributed by atoms with Gasteiger partial charge in [-0.2, -0.15) is 0 Å². The van der Waals surface area contributed by atoms with Crippen LogP contribution in [0, 0.1) is 0 Å². The Morgan fingerprint density at radius 1 is 1.06 bits per heavy atom. The standard InChI is InChI=1S/C22H16ClN5OS2/c23-16-8-5-14(6-9-16)17-13-31-21(24-17)25-20(29)11-12-30-22-27-26-19-10-7-15-3-1-2-4-18(15)28(19)22/h1-10,13H,11-12H2,(H,24,25,29). The largest absolute Gasteiger partial charge is 0.302 e. The molecule has 0 atom stereocenters. The third-order valence-corrected chi connectivity index (χ3v) is 6.64. The summed E-state index contributed by atoms with van der Waals surface area (Å²) in [6, 6.07) is 19.6. The van der Waals surface area contributed by atoms with E-state index in [9.17, 15) is 4.79 Å². The average molecular weight is 466 g/mol. The molecule has 0 bridgehead atoms. The number of hydrogen-bond donors (Lipinski definition) is 1. The van der Waals surface area contributed by atoms with E-state index in [1.165, 1.54) is 23.1 Å². The quantitative estimate of drug-likeness (QED) is 0.322. The number of thioether (sulfide) groups is 1. The molecule has 2 aromatic carbocycles. The molecule has 5 aromatic rings. The first-order chi connectivity index (χ1) is 15.2. The summed E-state index contributed by atoms with van der Waals surface area (Å²) in [4.78, 5) is 16.9. The Labute approximate surface area is 191 Å². The maximum atomic E-state index is 12.4. The maximum absolute atomic E-state index is 12.4. The van der Waals surface area contributed by atoms with E-state index in [4.69, 9.17) is 11.6 Å². The molecule has 0 saturated carbocycles. The second-order valence-corrected chi connectivity index (χ2v) is 9.12. The minimum Gasteiger partial charge on any atom is -0.302 e. The molecule has 6 nitrogen and oxygen atoms in total. The van der Waals surface area contributed by atoms with Crippen LogP contribution >= 0.6 is 34.7 Å². The second kappa shape index (κ2) is 8.66. The van der Waals surface area contributed by atoms with Gasteiger partial charge in [0.15, 0.2) is 15.9 Å². The Kier molecular flexibility index (Phi) is 5.59. The fourth-order valence-electron chi connectivity index (χ4n) is 3.21. The average Bonchev–Trinajstić information content (AvgIpc) is 3.42. The van der Waals surface area contributed by atoms with Crippen LogP contribution in [0.1, 0.15) is 6.42 Å². The molecule has 31 heavy (non-hydrogen) atoms. The van der Waals surface area contributed by atoms with Gasteiger partial charge in [-0.25, -0.2) is 4.98 Å². The van der Waals surface area contributed by atoms with E-state index in [-0.39, 0.29) is 5.91 Å². The number of para-hydroxylation sites is 1. The van der Waals surface area contributed by atoms with Gasteiger partial charge in [-0.1, -0.05) is 53.7 Å². The van der Waals surface area contributed by atoms with Crippen molar-refractivity contribution < 1.29 is 4.79 Å². The third-order valence-electron chi connectivity index (χ3n) is 4.70. The molecule has 3 aromatic heterocycles. The van der Waals surface area contributed by atoms with E-state index in [0.717, 1.165) is 33.0 Å². The molecule has 9 heteroatoms. The van der Waals surface area contributed by atoms with Gasteiger partial charge in [-0.05, 0) is 35.7 Å². The summed E-state index contributed by atoms with van der Waals surface area (Å²) in [6.45, 7) is 0. The number of nitrogens with one attached hydrogen (secondary N) is 1. The predicted octanol–water partition coefficient (Wildman–Crippen LogP) is 5.78. The van der Waals surface area contributed by atoms with Crippen molar-refractivity contribution in [1.82, 2.24) is 19.6 Å². The topological polar surface area (TPSA) is 72.2 Å². The maximum Gasteiger partial charge on any atom is 0.226 e. The van der Waals surface area contributed by atoms with Crippen LogP contribution in [0.4, 0.5) is 5.13 Å². The van der Waals surface area contributed by atoms with Crippen molar-refractivity contribution in [2.24, 2.45) is 0 Å². The summed E-state index contributed by atoms with van der Waals surface area (Å²) < 4.78 is 2.02. The highest BCUT2D eigenvalue weighted by atomic mass is 35.5. The molecule has 0 spiro atoms. The molecule has 1 amide bonds. The van der Waals surface area contributed by atoms with Crippen LogP contribution in [-0.2, 0) is 4.79 Å². The molecule has 5 rings (SSSR count). The minimum atomic E-state index is -0.0804. The number of nitrogens with zero attached hydrogens (tertiary/aromatic N) is 4. The Bertz CT molecular complexity index is 1380. The Balaban J connectivity index is 1.22. The van der Waals surface area contributed by atoms with Gasteiger partial charge in [0, 0.05) is 28.1 Å². The normalized spacial score (nSPS) is 11.3. The van der Waals surface area contributed by atoms with Crippen LogP contribution in [-0.4, -0.2) is 31.2 Å². The highest BCUT2D eigenvalue weighted by Gasteiger charge is 2.12. The van der Waals surface area contributed by atoms with E-state index in [1.54, 1.807) is 0 Å². The number of thiazole rings is 1. The Morgan fingerprint density at radius 3 is 2.77 bits per heavy atom. The molecule has 0 saturated heterocycles. The summed E-state index contributed by atoms with van der Waals surface area (Å²) in [7, 11) is 0. The monoisotopic (exact) mass is 465 g/mol. The lowest BCUT2D eigenvalue weighted by molar-refractivity contribution is -0.115. The zero-order valence-electron chi connectivity index (χ0n) is 16.2. The number of pyridine rings is 1. The van der Waals surface area contributed by atoms with Crippen molar-refractivity contribution in [1.29, 1.82) is 0 Å². The van der Waals surface area contributed by atoms with E-state index in [1.807, 2.05) is 64.4 Å². The van der Waals surface area contributed by atoms with Gasteiger partial charge in [0.2, 0.25) is 5.91 Å². The molecule has 0 aliphatic heterocycles. The summed E-state index contributed by atoms with van der Waals surface area (Å²) in [5.41, 5.74) is 3.62. The predicted molar refractivity (Wildman–Crippen MR) is 127 cm³/mol. The van der Waals surface area contributed by atoms with Crippen molar-refractivity contribution in [3.63, 3.8) is 0 Å². The number of anilines is 1. The lowest BCUT2D eigenvalue weighted by Crippen LogP contribution is -2.12. The number of carbonyl (C=O) groups is 1. The van der Waals surface area contributed by atoms with Crippen molar-refractivity contribution >= 4 is 62.3 Å². The molecule has 0 unspecified atom stereocenters. The van der Waals surface area contributed by atoms with Gasteiger partial charge in [-0.15, -0.1) is 21.5 Å². The molecular weight excluding hydrogens is 450 g/mol. The van der Waals surface area contributed by atoms with Gasteiger partial charge < -0.3 is 5.32 Å². The zero-order valence-corrected chi connectivity index (χ0v) is 18.5. The number of halogens is 1. The van der Waals surface area contributed by atoms with Crippen molar-refractivity contribution in [3.05, 3.63) is 71.1 Å². The van der Waals surface area contributed by atoms with Crippen LogP contribution in [0.5, 0.6) is 0 Å².